The second-order valence-corrected chi connectivity index (χ2v) is 6.97. The van der Waals surface area contributed by atoms with E-state index in [0.717, 1.165) is 25.0 Å². The van der Waals surface area contributed by atoms with Crippen molar-refractivity contribution in [1.82, 2.24) is 4.72 Å². The van der Waals surface area contributed by atoms with Crippen LogP contribution in [0.4, 0.5) is 4.39 Å². The first-order chi connectivity index (χ1) is 9.74. The highest BCUT2D eigenvalue weighted by molar-refractivity contribution is 7.89. The van der Waals surface area contributed by atoms with Gasteiger partial charge >= 0.3 is 5.97 Å². The van der Waals surface area contributed by atoms with E-state index in [-0.39, 0.29) is 12.1 Å². The maximum atomic E-state index is 13.7. The van der Waals surface area contributed by atoms with Crippen molar-refractivity contribution < 1.29 is 22.7 Å². The van der Waals surface area contributed by atoms with Gasteiger partial charge in [-0.15, -0.1) is 0 Å². The van der Waals surface area contributed by atoms with Crippen molar-refractivity contribution in [3.05, 3.63) is 29.6 Å². The predicted molar refractivity (Wildman–Crippen MR) is 77.2 cm³/mol. The molecule has 0 atom stereocenters. The van der Waals surface area contributed by atoms with E-state index in [1.807, 2.05) is 0 Å². The lowest BCUT2D eigenvalue weighted by atomic mass is 10.1. The Morgan fingerprint density at radius 3 is 2.52 bits per heavy atom. The summed E-state index contributed by atoms with van der Waals surface area (Å²) in [6.45, 7) is 4.41. The Kier molecular flexibility index (Phi) is 6.29. The van der Waals surface area contributed by atoms with Gasteiger partial charge in [-0.1, -0.05) is 26.7 Å². The van der Waals surface area contributed by atoms with Gasteiger partial charge in [-0.05, 0) is 30.5 Å². The van der Waals surface area contributed by atoms with Crippen LogP contribution in [0.1, 0.15) is 43.5 Å². The summed E-state index contributed by atoms with van der Waals surface area (Å²) in [6.07, 6.45) is 2.57. The first-order valence-electron chi connectivity index (χ1n) is 6.76. The van der Waals surface area contributed by atoms with Gasteiger partial charge in [0.25, 0.3) is 0 Å². The summed E-state index contributed by atoms with van der Waals surface area (Å²) in [5.74, 6) is -1.81. The Balaban J connectivity index is 2.68. The fourth-order valence-electron chi connectivity index (χ4n) is 1.81. The van der Waals surface area contributed by atoms with E-state index in [2.05, 4.69) is 18.6 Å². The van der Waals surface area contributed by atoms with Gasteiger partial charge in [0, 0.05) is 6.54 Å². The van der Waals surface area contributed by atoms with Crippen LogP contribution in [-0.2, 0) is 10.0 Å². The van der Waals surface area contributed by atoms with Crippen molar-refractivity contribution in [1.29, 1.82) is 0 Å². The topological polar surface area (TPSA) is 83.5 Å². The number of halogens is 1. The number of sulfonamides is 1. The molecule has 0 spiro atoms. The molecule has 0 aliphatic rings. The third kappa shape index (κ3) is 5.43. The van der Waals surface area contributed by atoms with Crippen LogP contribution in [0.5, 0.6) is 0 Å². The maximum absolute atomic E-state index is 13.7. The van der Waals surface area contributed by atoms with E-state index < -0.39 is 26.7 Å². The average molecular weight is 317 g/mol. The molecule has 1 rings (SSSR count). The standard InChI is InChI=1S/C14H20FNO4S/c1-10(2)5-3-4-8-16-21(19,20)13-7-6-11(14(17)18)9-12(13)15/h6-7,9-10,16H,3-5,8H2,1-2H3,(H,17,18). The van der Waals surface area contributed by atoms with Crippen LogP contribution >= 0.6 is 0 Å². The highest BCUT2D eigenvalue weighted by atomic mass is 32.2. The zero-order valence-electron chi connectivity index (χ0n) is 12.1. The van der Waals surface area contributed by atoms with Gasteiger partial charge in [0.2, 0.25) is 10.0 Å². The summed E-state index contributed by atoms with van der Waals surface area (Å²) in [4.78, 5) is 10.2. The number of benzene rings is 1. The number of nitrogens with one attached hydrogen (secondary N) is 1. The molecule has 0 saturated carbocycles. The molecule has 0 fully saturated rings. The fraction of sp³-hybridized carbons (Fsp3) is 0.500. The minimum atomic E-state index is -3.95. The van der Waals surface area contributed by atoms with E-state index in [9.17, 15) is 17.6 Å². The number of unbranched alkanes of at least 4 members (excludes halogenated alkanes) is 1. The summed E-state index contributed by atoms with van der Waals surface area (Å²) in [7, 11) is -3.95. The highest BCUT2D eigenvalue weighted by Crippen LogP contribution is 2.16. The van der Waals surface area contributed by atoms with Crippen LogP contribution in [0.25, 0.3) is 0 Å². The van der Waals surface area contributed by atoms with Crippen molar-refractivity contribution in [3.8, 4) is 0 Å². The molecule has 118 valence electrons. The van der Waals surface area contributed by atoms with Gasteiger partial charge in [0.05, 0.1) is 5.56 Å². The molecule has 5 nitrogen and oxygen atoms in total. The predicted octanol–water partition coefficient (Wildman–Crippen LogP) is 2.63. The van der Waals surface area contributed by atoms with Crippen molar-refractivity contribution in [2.24, 2.45) is 5.92 Å². The molecular weight excluding hydrogens is 297 g/mol. The molecule has 0 aliphatic heterocycles. The minimum Gasteiger partial charge on any atom is -0.478 e. The zero-order chi connectivity index (χ0) is 16.0. The molecule has 7 heteroatoms. The molecule has 0 aromatic heterocycles. The minimum absolute atomic E-state index is 0.231. The molecule has 21 heavy (non-hydrogen) atoms. The molecule has 2 N–H and O–H groups in total. The largest absolute Gasteiger partial charge is 0.478 e. The Morgan fingerprint density at radius 2 is 2.00 bits per heavy atom. The maximum Gasteiger partial charge on any atom is 0.335 e. The second kappa shape index (κ2) is 7.51. The Labute approximate surface area is 124 Å². The third-order valence-electron chi connectivity index (χ3n) is 2.97. The number of aromatic carboxylic acids is 1. The van der Waals surface area contributed by atoms with E-state index in [0.29, 0.717) is 18.4 Å². The lowest BCUT2D eigenvalue weighted by Crippen LogP contribution is -2.25. The zero-order valence-corrected chi connectivity index (χ0v) is 12.9. The molecule has 0 amide bonds. The third-order valence-corrected chi connectivity index (χ3v) is 4.46. The van der Waals surface area contributed by atoms with Crippen LogP contribution < -0.4 is 4.72 Å². The highest BCUT2D eigenvalue weighted by Gasteiger charge is 2.19. The number of hydrogen-bond donors (Lipinski definition) is 2. The summed E-state index contributed by atoms with van der Waals surface area (Å²) >= 11 is 0. The lowest BCUT2D eigenvalue weighted by Gasteiger charge is -2.09. The molecular formula is C14H20FNO4S. The summed E-state index contributed by atoms with van der Waals surface area (Å²) in [5, 5.41) is 8.72. The summed E-state index contributed by atoms with van der Waals surface area (Å²) in [5.41, 5.74) is -0.289. The van der Waals surface area contributed by atoms with Crippen LogP contribution in [0, 0.1) is 11.7 Å². The normalized spacial score (nSPS) is 11.8. The monoisotopic (exact) mass is 317 g/mol. The van der Waals surface area contributed by atoms with Crippen molar-refractivity contribution >= 4 is 16.0 Å². The number of carbonyl (C=O) groups is 1. The quantitative estimate of drug-likeness (QED) is 0.722. The Hall–Kier alpha value is -1.47. The van der Waals surface area contributed by atoms with Crippen molar-refractivity contribution in [2.75, 3.05) is 6.54 Å². The van der Waals surface area contributed by atoms with Crippen LogP contribution in [0.15, 0.2) is 23.1 Å². The van der Waals surface area contributed by atoms with Crippen LogP contribution in [0.3, 0.4) is 0 Å². The van der Waals surface area contributed by atoms with Gasteiger partial charge in [0.15, 0.2) is 0 Å². The van der Waals surface area contributed by atoms with Gasteiger partial charge in [0.1, 0.15) is 10.7 Å². The molecule has 0 saturated heterocycles. The Morgan fingerprint density at radius 1 is 1.33 bits per heavy atom. The SMILES string of the molecule is CC(C)CCCCNS(=O)(=O)c1ccc(C(=O)O)cc1F. The molecule has 1 aromatic carbocycles. The number of carboxylic acids is 1. The van der Waals surface area contributed by atoms with Gasteiger partial charge in [-0.3, -0.25) is 0 Å². The van der Waals surface area contributed by atoms with Gasteiger partial charge in [-0.2, -0.15) is 0 Å². The molecule has 0 heterocycles. The van der Waals surface area contributed by atoms with Crippen molar-refractivity contribution in [2.45, 2.75) is 38.0 Å². The molecule has 0 aliphatic carbocycles. The van der Waals surface area contributed by atoms with Gasteiger partial charge in [-0.25, -0.2) is 22.3 Å². The number of hydrogen-bond acceptors (Lipinski definition) is 3. The average Bonchev–Trinajstić information content (AvgIpc) is 2.37. The smallest absolute Gasteiger partial charge is 0.335 e. The van der Waals surface area contributed by atoms with E-state index >= 15 is 0 Å². The second-order valence-electron chi connectivity index (χ2n) is 5.24. The van der Waals surface area contributed by atoms with Crippen molar-refractivity contribution in [3.63, 3.8) is 0 Å². The molecule has 0 unspecified atom stereocenters. The van der Waals surface area contributed by atoms with Crippen LogP contribution in [0.2, 0.25) is 0 Å². The fourth-order valence-corrected chi connectivity index (χ4v) is 2.95. The molecule has 0 bridgehead atoms. The van der Waals surface area contributed by atoms with E-state index in [1.165, 1.54) is 0 Å². The van der Waals surface area contributed by atoms with Gasteiger partial charge < -0.3 is 5.11 Å². The number of rotatable bonds is 8. The first-order valence-corrected chi connectivity index (χ1v) is 8.25. The Bertz CT molecular complexity index is 599. The first kappa shape index (κ1) is 17.6. The summed E-state index contributed by atoms with van der Waals surface area (Å²) < 4.78 is 39.9. The summed E-state index contributed by atoms with van der Waals surface area (Å²) in [6, 6.07) is 2.74. The van der Waals surface area contributed by atoms with E-state index in [4.69, 9.17) is 5.11 Å². The van der Waals surface area contributed by atoms with E-state index in [1.54, 1.807) is 0 Å². The molecule has 1 aromatic rings. The lowest BCUT2D eigenvalue weighted by molar-refractivity contribution is 0.0696. The number of carboxylic acid groups (broad SMARTS) is 1. The molecule has 0 radical (unpaired) electrons. The van der Waals surface area contributed by atoms with Crippen LogP contribution in [-0.4, -0.2) is 26.0 Å².